The smallest absolute Gasteiger partial charge is 0.309 e. The average molecular weight is 607 g/mol. The van der Waals surface area contributed by atoms with Gasteiger partial charge in [-0.2, -0.15) is 0 Å². The minimum atomic E-state index is -5.97. The van der Waals surface area contributed by atoms with Gasteiger partial charge in [-0.05, 0) is 31.1 Å². The first-order chi connectivity index (χ1) is 10.1. The fourth-order valence-electron chi connectivity index (χ4n) is 3.37. The van der Waals surface area contributed by atoms with E-state index in [0.29, 0.717) is 12.8 Å². The van der Waals surface area contributed by atoms with E-state index in [0.717, 1.165) is 13.5 Å². The van der Waals surface area contributed by atoms with Gasteiger partial charge in [-0.1, -0.05) is 6.61 Å². The van der Waals surface area contributed by atoms with Crippen molar-refractivity contribution in [2.75, 3.05) is 7.11 Å². The molecule has 2 aliphatic carbocycles. The third-order valence-corrected chi connectivity index (χ3v) is 5.07. The molecule has 0 amide bonds. The van der Waals surface area contributed by atoms with E-state index >= 15 is 0 Å². The molecular weight excluding hydrogens is 593 g/mol. The maximum atomic E-state index is 13.0. The van der Waals surface area contributed by atoms with Gasteiger partial charge in [0.05, 0.1) is 18.9 Å². The molecule has 0 heterocycles. The van der Waals surface area contributed by atoms with Crippen LogP contribution in [-0.4, -0.2) is 37.3 Å². The predicted octanol–water partition coefficient (Wildman–Crippen LogP) is 0.665. The van der Waals surface area contributed by atoms with E-state index in [-0.39, 0.29) is 11.8 Å². The summed E-state index contributed by atoms with van der Waals surface area (Å²) in [5.41, 5.74) is 0. The molecule has 0 saturated heterocycles. The van der Waals surface area contributed by atoms with Crippen molar-refractivity contribution in [1.82, 2.24) is 0 Å². The van der Waals surface area contributed by atoms with E-state index in [1.165, 1.54) is 0 Å². The summed E-state index contributed by atoms with van der Waals surface area (Å²) in [6.07, 6.45) is 1.95. The monoisotopic (exact) mass is 607 g/mol. The number of ether oxygens (including phenoxy) is 2. The summed E-state index contributed by atoms with van der Waals surface area (Å²) in [5, 5.41) is -4.82. The molecule has 4 unspecified atom stereocenters. The Labute approximate surface area is 125 Å². The summed E-state index contributed by atoms with van der Waals surface area (Å²) in [7, 11) is -4.82. The second kappa shape index (κ2) is 6.07. The van der Waals surface area contributed by atoms with Gasteiger partial charge in [-0.3, -0.25) is 9.59 Å². The van der Waals surface area contributed by atoms with Gasteiger partial charge in [-0.25, -0.2) is 17.2 Å². The number of alkyl halides is 2. The predicted molar refractivity (Wildman–Crippen MR) is 64.9 cm³/mol. The number of carbonyl (C=O) groups is 2. The number of esters is 2. The number of hydrogen-bond donors (Lipinski definition) is 0. The number of fused-ring (bicyclic) bond motifs is 2. The SMILES string of the molecule is COC(=O)C1C2CCC(C2)C1C(=O)O[CH-]C(F)(F)S(=O)(=O)[O-].[Rf]. The van der Waals surface area contributed by atoms with Crippen LogP contribution in [0.4, 0.5) is 8.78 Å². The number of methoxy groups -OCH3 is 1. The molecule has 0 spiro atoms. The van der Waals surface area contributed by atoms with Crippen molar-refractivity contribution in [3.8, 4) is 0 Å². The average Bonchev–Trinajstić information content (AvgIpc) is 3.03. The molecule has 4 atom stereocenters. The molecule has 2 aliphatic rings. The maximum absolute atomic E-state index is 13.0. The van der Waals surface area contributed by atoms with Gasteiger partial charge in [0.1, 0.15) is 10.1 Å². The summed E-state index contributed by atoms with van der Waals surface area (Å²) >= 11 is 0. The zero-order chi connectivity index (χ0) is 16.7. The first-order valence-corrected chi connectivity index (χ1v) is 7.95. The second-order valence-corrected chi connectivity index (χ2v) is 6.93. The van der Waals surface area contributed by atoms with Crippen LogP contribution in [0.3, 0.4) is 0 Å². The zero-order valence-corrected chi connectivity index (χ0v) is 19.5. The first-order valence-electron chi connectivity index (χ1n) is 6.54. The summed E-state index contributed by atoms with van der Waals surface area (Å²) in [4.78, 5) is 23.7. The molecule has 11 heteroatoms. The molecule has 2 fully saturated rings. The standard InChI is InChI=1S/C12H15F2O7S.Rf/c1-20-10(15)8-6-2-3-7(4-6)9(8)11(16)21-5-12(13,14)22(17,18)19;/h5-9H,2-4H2,1H3,(H,17,18,19);/q-1;/p-1. The van der Waals surface area contributed by atoms with Crippen LogP contribution in [0.25, 0.3) is 0 Å². The Bertz CT molecular complexity index is 580. The number of carbonyl (C=O) groups excluding carboxylic acids is 2. The Kier molecular flexibility index (Phi) is 4.95. The van der Waals surface area contributed by atoms with E-state index in [4.69, 9.17) is 0 Å². The molecule has 2 bridgehead atoms. The molecule has 23 heavy (non-hydrogen) atoms. The molecule has 128 valence electrons. The fourth-order valence-corrected chi connectivity index (χ4v) is 3.54. The van der Waals surface area contributed by atoms with Crippen molar-refractivity contribution < 1.29 is 40.8 Å². The molecular formula is C12H14F2O7RfS-2. The van der Waals surface area contributed by atoms with Gasteiger partial charge < -0.3 is 14.0 Å². The van der Waals surface area contributed by atoms with E-state index in [1.807, 2.05) is 0 Å². The Balaban J connectivity index is 0.00000264. The molecule has 0 aromatic rings. The third-order valence-electron chi connectivity index (χ3n) is 4.31. The fraction of sp³-hybridized carbons (Fsp3) is 0.750. The summed E-state index contributed by atoms with van der Waals surface area (Å²) in [6, 6.07) is 0. The topological polar surface area (TPSA) is 110 Å². The van der Waals surface area contributed by atoms with Crippen LogP contribution in [0.2, 0.25) is 0 Å². The summed E-state index contributed by atoms with van der Waals surface area (Å²) in [5.74, 6) is -3.82. The molecule has 0 aliphatic heterocycles. The Morgan fingerprint density at radius 3 is 2.09 bits per heavy atom. The number of rotatable bonds is 5. The van der Waals surface area contributed by atoms with Crippen LogP contribution in [-0.2, 0) is 29.2 Å². The van der Waals surface area contributed by atoms with Gasteiger partial charge in [0, 0.05) is 0 Å². The normalized spacial score (nSPS) is 29.7. The van der Waals surface area contributed by atoms with Crippen molar-refractivity contribution in [3.05, 3.63) is 6.61 Å². The van der Waals surface area contributed by atoms with Crippen LogP contribution in [0.5, 0.6) is 0 Å². The van der Waals surface area contributed by atoms with Crippen molar-refractivity contribution in [3.63, 3.8) is 0 Å². The van der Waals surface area contributed by atoms with Gasteiger partial charge >= 0.3 is 5.97 Å². The Morgan fingerprint density at radius 1 is 1.17 bits per heavy atom. The van der Waals surface area contributed by atoms with Crippen molar-refractivity contribution in [1.29, 1.82) is 0 Å². The first kappa shape index (κ1) is 18.8. The molecule has 0 aromatic heterocycles. The van der Waals surface area contributed by atoms with Crippen LogP contribution >= 0.6 is 0 Å². The Hall–Kier alpha value is -2.29. The number of halogens is 2. The van der Waals surface area contributed by atoms with E-state index < -0.39 is 45.8 Å². The molecule has 0 radical (unpaired) electrons. The molecule has 0 N–H and O–H groups in total. The van der Waals surface area contributed by atoms with E-state index in [9.17, 15) is 31.3 Å². The van der Waals surface area contributed by atoms with Crippen LogP contribution < -0.4 is 0 Å². The van der Waals surface area contributed by atoms with Gasteiger partial charge in [0.25, 0.3) is 11.2 Å². The third kappa shape index (κ3) is 3.24. The van der Waals surface area contributed by atoms with Crippen LogP contribution in [0, 0.1) is 30.3 Å². The molecule has 0 aromatic carbocycles. The Morgan fingerprint density at radius 2 is 1.65 bits per heavy atom. The van der Waals surface area contributed by atoms with Crippen molar-refractivity contribution >= 4 is 22.1 Å². The largest absolute Gasteiger partial charge is 0.746 e. The van der Waals surface area contributed by atoms with Gasteiger partial charge in [0.2, 0.25) is 0 Å². The second-order valence-electron chi connectivity index (χ2n) is 5.48. The summed E-state index contributed by atoms with van der Waals surface area (Å²) in [6.45, 7) is -0.585. The van der Waals surface area contributed by atoms with Gasteiger partial charge in [0.15, 0.2) is 0 Å². The molecule has 2 saturated carbocycles. The van der Waals surface area contributed by atoms with Crippen molar-refractivity contribution in [2.45, 2.75) is 24.5 Å². The van der Waals surface area contributed by atoms with Crippen molar-refractivity contribution in [2.24, 2.45) is 23.7 Å². The minimum absolute atomic E-state index is 0. The van der Waals surface area contributed by atoms with E-state index in [2.05, 4.69) is 9.47 Å². The van der Waals surface area contributed by atoms with Crippen LogP contribution in [0.15, 0.2) is 0 Å². The van der Waals surface area contributed by atoms with Gasteiger partial charge in [-0.15, -0.1) is 0 Å². The summed E-state index contributed by atoms with van der Waals surface area (Å²) < 4.78 is 65.7. The zero-order valence-electron chi connectivity index (χ0n) is 12.2. The van der Waals surface area contributed by atoms with Crippen LogP contribution in [0.1, 0.15) is 19.3 Å². The molecule has 7 nitrogen and oxygen atoms in total. The quantitative estimate of drug-likeness (QED) is 0.257. The minimum Gasteiger partial charge on any atom is -0.746 e. The van der Waals surface area contributed by atoms with E-state index in [1.54, 1.807) is 0 Å². The number of hydrogen-bond acceptors (Lipinski definition) is 7. The molecule has 2 rings (SSSR count). The maximum Gasteiger partial charge on any atom is 0.309 e.